The number of hydrogen-bond acceptors (Lipinski definition) is 6. The Balaban J connectivity index is 1.63. The van der Waals surface area contributed by atoms with Crippen LogP contribution in [0.2, 0.25) is 0 Å². The van der Waals surface area contributed by atoms with Gasteiger partial charge in [0.15, 0.2) is 0 Å². The quantitative estimate of drug-likeness (QED) is 0.271. The van der Waals surface area contributed by atoms with Crippen molar-refractivity contribution in [2.24, 2.45) is 0 Å². The van der Waals surface area contributed by atoms with Gasteiger partial charge >= 0.3 is 0 Å². The van der Waals surface area contributed by atoms with Crippen molar-refractivity contribution in [1.29, 1.82) is 0 Å². The summed E-state index contributed by atoms with van der Waals surface area (Å²) in [5.74, 6) is 0.800. The fourth-order valence-electron chi connectivity index (χ4n) is 4.09. The second-order valence-corrected chi connectivity index (χ2v) is 9.33. The lowest BCUT2D eigenvalue weighted by atomic mass is 9.99. The minimum absolute atomic E-state index is 0.324. The number of fused-ring (bicyclic) bond motifs is 1. The molecule has 0 aliphatic carbocycles. The summed E-state index contributed by atoms with van der Waals surface area (Å²) in [5, 5.41) is 3.70. The van der Waals surface area contributed by atoms with Crippen molar-refractivity contribution >= 4 is 38.8 Å². The summed E-state index contributed by atoms with van der Waals surface area (Å²) in [6, 6.07) is 25.5. The highest BCUT2D eigenvalue weighted by molar-refractivity contribution is 7.21. The Morgan fingerprint density at radius 2 is 1.67 bits per heavy atom. The van der Waals surface area contributed by atoms with E-state index in [1.807, 2.05) is 36.4 Å². The first kappa shape index (κ1) is 23.4. The minimum atomic E-state index is -0.324. The number of rotatable bonds is 6. The van der Waals surface area contributed by atoms with Crippen LogP contribution in [0.1, 0.15) is 15.2 Å². The maximum atomic E-state index is 13.4. The molecule has 0 aliphatic heterocycles. The zero-order valence-electron chi connectivity index (χ0n) is 20.2. The smallest absolute Gasteiger partial charge is 0.268 e. The summed E-state index contributed by atoms with van der Waals surface area (Å²) >= 11 is 1.28. The van der Waals surface area contributed by atoms with Crippen LogP contribution in [0.5, 0.6) is 11.5 Å². The molecule has 2 heterocycles. The number of aromatic nitrogens is 1. The molecule has 0 saturated carbocycles. The van der Waals surface area contributed by atoms with Crippen LogP contribution in [0.4, 0.5) is 11.4 Å². The number of hydrogen-bond donors (Lipinski definition) is 2. The first-order valence-corrected chi connectivity index (χ1v) is 12.2. The number of thiophene rings is 1. The zero-order valence-corrected chi connectivity index (χ0v) is 21.0. The summed E-state index contributed by atoms with van der Waals surface area (Å²) in [6.45, 7) is 2.05. The molecule has 2 aromatic heterocycles. The van der Waals surface area contributed by atoms with Crippen LogP contribution >= 0.6 is 11.3 Å². The molecule has 0 unspecified atom stereocenters. The van der Waals surface area contributed by atoms with Crippen molar-refractivity contribution in [1.82, 2.24) is 4.98 Å². The van der Waals surface area contributed by atoms with E-state index in [1.165, 1.54) is 16.9 Å². The number of methoxy groups -OCH3 is 2. The van der Waals surface area contributed by atoms with Crippen LogP contribution in [0, 0.1) is 6.92 Å². The molecule has 0 fully saturated rings. The first-order valence-electron chi connectivity index (χ1n) is 11.4. The highest BCUT2D eigenvalue weighted by Gasteiger charge is 2.22. The second kappa shape index (κ2) is 9.71. The topological polar surface area (TPSA) is 86.5 Å². The highest BCUT2D eigenvalue weighted by atomic mass is 32.1. The van der Waals surface area contributed by atoms with Gasteiger partial charge in [0.1, 0.15) is 21.2 Å². The third kappa shape index (κ3) is 4.36. The normalized spacial score (nSPS) is 10.9. The van der Waals surface area contributed by atoms with E-state index in [1.54, 1.807) is 32.4 Å². The summed E-state index contributed by atoms with van der Waals surface area (Å²) in [7, 11) is 3.12. The molecule has 5 rings (SSSR count). The fourth-order valence-corrected chi connectivity index (χ4v) is 5.10. The van der Waals surface area contributed by atoms with E-state index in [4.69, 9.17) is 20.2 Å². The largest absolute Gasteiger partial charge is 0.497 e. The maximum Gasteiger partial charge on any atom is 0.268 e. The molecule has 180 valence electrons. The first-order chi connectivity index (χ1) is 17.5. The lowest BCUT2D eigenvalue weighted by Crippen LogP contribution is -2.12. The molecular formula is C29H25N3O3S. The molecule has 0 radical (unpaired) electrons. The zero-order chi connectivity index (χ0) is 25.2. The Kier molecular flexibility index (Phi) is 6.31. The molecular weight excluding hydrogens is 470 g/mol. The third-order valence-corrected chi connectivity index (χ3v) is 7.09. The van der Waals surface area contributed by atoms with Crippen molar-refractivity contribution in [2.45, 2.75) is 6.92 Å². The Hall–Kier alpha value is -4.36. The lowest BCUT2D eigenvalue weighted by molar-refractivity contribution is 0.103. The number of aryl methyl sites for hydroxylation is 1. The average molecular weight is 496 g/mol. The van der Waals surface area contributed by atoms with E-state index < -0.39 is 0 Å². The van der Waals surface area contributed by atoms with Gasteiger partial charge < -0.3 is 20.5 Å². The summed E-state index contributed by atoms with van der Waals surface area (Å²) in [4.78, 5) is 19.4. The van der Waals surface area contributed by atoms with Gasteiger partial charge in [-0.3, -0.25) is 4.79 Å². The van der Waals surface area contributed by atoms with Gasteiger partial charge in [-0.15, -0.1) is 11.3 Å². The van der Waals surface area contributed by atoms with Crippen LogP contribution in [0.25, 0.3) is 32.6 Å². The molecule has 0 bridgehead atoms. The molecule has 0 aliphatic rings. The van der Waals surface area contributed by atoms with Gasteiger partial charge in [-0.1, -0.05) is 60.2 Å². The Labute approximate surface area is 213 Å². The van der Waals surface area contributed by atoms with Gasteiger partial charge in [-0.25, -0.2) is 4.98 Å². The molecule has 3 aromatic carbocycles. The van der Waals surface area contributed by atoms with E-state index in [2.05, 4.69) is 36.5 Å². The van der Waals surface area contributed by atoms with E-state index >= 15 is 0 Å². The van der Waals surface area contributed by atoms with Gasteiger partial charge in [0.25, 0.3) is 5.91 Å². The van der Waals surface area contributed by atoms with Gasteiger partial charge in [-0.2, -0.15) is 0 Å². The van der Waals surface area contributed by atoms with Crippen molar-refractivity contribution in [3.05, 3.63) is 89.3 Å². The number of amides is 1. The summed E-state index contributed by atoms with van der Waals surface area (Å²) in [5.41, 5.74) is 12.5. The van der Waals surface area contributed by atoms with Crippen molar-refractivity contribution in [2.75, 3.05) is 25.3 Å². The third-order valence-electron chi connectivity index (χ3n) is 5.99. The van der Waals surface area contributed by atoms with Crippen molar-refractivity contribution in [3.63, 3.8) is 0 Å². The number of nitrogens with zero attached hydrogens (tertiary/aromatic N) is 1. The monoisotopic (exact) mass is 495 g/mol. The SMILES string of the molecule is COc1ccc(NC(=O)c2sc3nc(-c4ccc(C)cc4)cc(-c4ccccc4)c3c2N)c(OC)c1. The van der Waals surface area contributed by atoms with Gasteiger partial charge in [0.2, 0.25) is 0 Å². The molecule has 1 amide bonds. The highest BCUT2D eigenvalue weighted by Crippen LogP contribution is 2.42. The van der Waals surface area contributed by atoms with Gasteiger partial charge in [-0.05, 0) is 36.2 Å². The van der Waals surface area contributed by atoms with Gasteiger partial charge in [0, 0.05) is 17.0 Å². The number of benzene rings is 3. The molecule has 0 saturated heterocycles. The van der Waals surface area contributed by atoms with Crippen LogP contribution in [-0.4, -0.2) is 25.1 Å². The predicted molar refractivity (Wildman–Crippen MR) is 147 cm³/mol. The molecule has 3 N–H and O–H groups in total. The lowest BCUT2D eigenvalue weighted by Gasteiger charge is -2.11. The second-order valence-electron chi connectivity index (χ2n) is 8.33. The minimum Gasteiger partial charge on any atom is -0.497 e. The van der Waals surface area contributed by atoms with Crippen LogP contribution < -0.4 is 20.5 Å². The van der Waals surface area contributed by atoms with Crippen molar-refractivity contribution < 1.29 is 14.3 Å². The molecule has 7 heteroatoms. The Morgan fingerprint density at radius 1 is 0.917 bits per heavy atom. The maximum absolute atomic E-state index is 13.4. The summed E-state index contributed by atoms with van der Waals surface area (Å²) < 4.78 is 10.7. The predicted octanol–water partition coefficient (Wildman–Crippen LogP) is 6.79. The number of nitrogens with two attached hydrogens (primary N) is 1. The van der Waals surface area contributed by atoms with Gasteiger partial charge in [0.05, 0.1) is 31.3 Å². The van der Waals surface area contributed by atoms with E-state index in [9.17, 15) is 4.79 Å². The van der Waals surface area contributed by atoms with E-state index in [0.29, 0.717) is 32.6 Å². The standard InChI is InChI=1S/C29H25N3O3S/c1-17-9-11-19(12-10-17)23-16-21(18-7-5-4-6-8-18)25-26(30)27(36-29(25)32-23)28(33)31-22-14-13-20(34-2)15-24(22)35-3/h4-16H,30H2,1-3H3,(H,31,33). The molecule has 6 nitrogen and oxygen atoms in total. The van der Waals surface area contributed by atoms with Crippen LogP contribution in [0.15, 0.2) is 78.9 Å². The van der Waals surface area contributed by atoms with Crippen LogP contribution in [0.3, 0.4) is 0 Å². The number of nitrogen functional groups attached to an aromatic ring is 1. The molecule has 5 aromatic rings. The fraction of sp³-hybridized carbons (Fsp3) is 0.103. The number of carbonyl (C=O) groups excluding carboxylic acids is 1. The number of nitrogens with one attached hydrogen (secondary N) is 1. The number of ether oxygens (including phenoxy) is 2. The van der Waals surface area contributed by atoms with E-state index in [-0.39, 0.29) is 5.91 Å². The average Bonchev–Trinajstić information content (AvgIpc) is 3.25. The Bertz CT molecular complexity index is 1560. The number of pyridine rings is 1. The molecule has 36 heavy (non-hydrogen) atoms. The van der Waals surface area contributed by atoms with E-state index in [0.717, 1.165) is 27.8 Å². The number of carbonyl (C=O) groups is 1. The Morgan fingerprint density at radius 3 is 2.36 bits per heavy atom. The molecule has 0 spiro atoms. The van der Waals surface area contributed by atoms with Crippen LogP contribution in [-0.2, 0) is 0 Å². The molecule has 0 atom stereocenters. The number of anilines is 2. The van der Waals surface area contributed by atoms with Crippen molar-refractivity contribution in [3.8, 4) is 33.9 Å². The summed E-state index contributed by atoms with van der Waals surface area (Å²) in [6.07, 6.45) is 0.